The predicted octanol–water partition coefficient (Wildman–Crippen LogP) is 4.34. The van der Waals surface area contributed by atoms with Gasteiger partial charge in [-0.15, -0.1) is 11.3 Å². The third-order valence-electron chi connectivity index (χ3n) is 4.71. The minimum atomic E-state index is -0.297. The molecule has 3 aromatic heterocycles. The van der Waals surface area contributed by atoms with Crippen molar-refractivity contribution in [2.24, 2.45) is 0 Å². The van der Waals surface area contributed by atoms with Gasteiger partial charge in [0, 0.05) is 17.1 Å². The number of pyridine rings is 1. The molecule has 0 saturated carbocycles. The van der Waals surface area contributed by atoms with Crippen LogP contribution in [-0.2, 0) is 4.79 Å². The molecule has 0 unspecified atom stereocenters. The second-order valence-corrected chi connectivity index (χ2v) is 8.42. The van der Waals surface area contributed by atoms with Gasteiger partial charge in [0.1, 0.15) is 5.75 Å². The number of hydrogen-bond acceptors (Lipinski definition) is 7. The molecule has 1 aromatic carbocycles. The molecule has 0 fully saturated rings. The van der Waals surface area contributed by atoms with E-state index in [1.807, 2.05) is 26.0 Å². The van der Waals surface area contributed by atoms with Crippen molar-refractivity contribution < 1.29 is 18.8 Å². The van der Waals surface area contributed by atoms with Crippen molar-refractivity contribution in [3.05, 3.63) is 58.6 Å². The van der Waals surface area contributed by atoms with Gasteiger partial charge in [-0.1, -0.05) is 5.16 Å². The number of aromatic nitrogens is 2. The van der Waals surface area contributed by atoms with Crippen LogP contribution >= 0.6 is 11.3 Å². The summed E-state index contributed by atoms with van der Waals surface area (Å²) in [5.41, 5.74) is 2.61. The monoisotopic (exact) mass is 450 g/mol. The lowest BCUT2D eigenvalue weighted by Gasteiger charge is -2.09. The summed E-state index contributed by atoms with van der Waals surface area (Å²) in [4.78, 5) is 31.3. The molecule has 4 rings (SSSR count). The van der Waals surface area contributed by atoms with Crippen LogP contribution in [0.3, 0.4) is 0 Å². The van der Waals surface area contributed by atoms with Gasteiger partial charge in [-0.2, -0.15) is 0 Å². The Balaban J connectivity index is 1.56. The van der Waals surface area contributed by atoms with Crippen LogP contribution in [0.4, 0.5) is 5.69 Å². The fraction of sp³-hybridized carbons (Fsp3) is 0.217. The number of carbonyl (C=O) groups is 2. The molecule has 0 spiro atoms. The number of anilines is 1. The number of aryl methyl sites for hydroxylation is 2. The Kier molecular flexibility index (Phi) is 6.18. The number of benzene rings is 1. The van der Waals surface area contributed by atoms with Gasteiger partial charge in [0.25, 0.3) is 17.5 Å². The zero-order chi connectivity index (χ0) is 22.7. The lowest BCUT2D eigenvalue weighted by atomic mass is 10.1. The van der Waals surface area contributed by atoms with E-state index in [-0.39, 0.29) is 18.4 Å². The third-order valence-corrected chi connectivity index (χ3v) is 5.73. The van der Waals surface area contributed by atoms with Crippen molar-refractivity contribution in [1.82, 2.24) is 15.5 Å². The molecule has 2 N–H and O–H groups in total. The van der Waals surface area contributed by atoms with Gasteiger partial charge in [0.2, 0.25) is 0 Å². The number of amides is 2. The second-order valence-electron chi connectivity index (χ2n) is 7.13. The second kappa shape index (κ2) is 9.19. The highest BCUT2D eigenvalue weighted by Crippen LogP contribution is 2.31. The average molecular weight is 451 g/mol. The highest BCUT2D eigenvalue weighted by Gasteiger charge is 2.20. The van der Waals surface area contributed by atoms with Crippen LogP contribution in [0.2, 0.25) is 0 Å². The summed E-state index contributed by atoms with van der Waals surface area (Å²) in [6, 6.07) is 12.6. The first-order chi connectivity index (χ1) is 15.4. The van der Waals surface area contributed by atoms with Crippen molar-refractivity contribution in [3.8, 4) is 16.3 Å². The number of nitrogens with zero attached hydrogens (tertiary/aromatic N) is 2. The fourth-order valence-corrected chi connectivity index (χ4v) is 4.03. The van der Waals surface area contributed by atoms with E-state index >= 15 is 0 Å². The maximum absolute atomic E-state index is 13.1. The largest absolute Gasteiger partial charge is 0.484 e. The van der Waals surface area contributed by atoms with Crippen molar-refractivity contribution in [3.63, 3.8) is 0 Å². The minimum Gasteiger partial charge on any atom is -0.484 e. The van der Waals surface area contributed by atoms with Crippen molar-refractivity contribution in [2.75, 3.05) is 18.5 Å². The molecule has 9 heteroatoms. The van der Waals surface area contributed by atoms with E-state index in [1.165, 1.54) is 0 Å². The van der Waals surface area contributed by atoms with E-state index in [9.17, 15) is 9.59 Å². The zero-order valence-corrected chi connectivity index (χ0v) is 18.7. The maximum atomic E-state index is 13.1. The molecule has 4 aromatic rings. The quantitative estimate of drug-likeness (QED) is 0.434. The Labute approximate surface area is 188 Å². The number of ether oxygens (including phenoxy) is 1. The first-order valence-corrected chi connectivity index (χ1v) is 10.9. The lowest BCUT2D eigenvalue weighted by Crippen LogP contribution is -2.28. The summed E-state index contributed by atoms with van der Waals surface area (Å²) >= 11 is 1.59. The Morgan fingerprint density at radius 3 is 2.59 bits per heavy atom. The van der Waals surface area contributed by atoms with Crippen LogP contribution in [0.1, 0.15) is 27.9 Å². The topological polar surface area (TPSA) is 106 Å². The normalized spacial score (nSPS) is 10.8. The van der Waals surface area contributed by atoms with E-state index < -0.39 is 0 Å². The maximum Gasteiger partial charge on any atom is 0.259 e. The minimum absolute atomic E-state index is 0.0632. The number of nitrogens with one attached hydrogen (secondary N) is 2. The van der Waals surface area contributed by atoms with Crippen LogP contribution in [0.15, 0.2) is 47.0 Å². The summed E-state index contributed by atoms with van der Waals surface area (Å²) in [6.45, 7) is 6.13. The summed E-state index contributed by atoms with van der Waals surface area (Å²) in [5.74, 6) is 0.0485. The molecule has 164 valence electrons. The van der Waals surface area contributed by atoms with Crippen LogP contribution in [-0.4, -0.2) is 35.1 Å². The van der Waals surface area contributed by atoms with Gasteiger partial charge in [0.05, 0.1) is 27.2 Å². The van der Waals surface area contributed by atoms with Crippen LogP contribution < -0.4 is 15.4 Å². The Bertz CT molecular complexity index is 1280. The van der Waals surface area contributed by atoms with Crippen LogP contribution in [0, 0.1) is 13.8 Å². The van der Waals surface area contributed by atoms with Gasteiger partial charge in [-0.3, -0.25) is 9.59 Å². The van der Waals surface area contributed by atoms with Crippen molar-refractivity contribution in [1.29, 1.82) is 0 Å². The highest BCUT2D eigenvalue weighted by atomic mass is 32.1. The Morgan fingerprint density at radius 1 is 1.12 bits per heavy atom. The molecule has 0 aliphatic carbocycles. The zero-order valence-electron chi connectivity index (χ0n) is 17.9. The van der Waals surface area contributed by atoms with Crippen molar-refractivity contribution in [2.45, 2.75) is 20.8 Å². The molecular formula is C23H22N4O4S. The van der Waals surface area contributed by atoms with Crippen LogP contribution in [0.5, 0.6) is 5.75 Å². The number of hydrogen-bond donors (Lipinski definition) is 2. The lowest BCUT2D eigenvalue weighted by molar-refractivity contribution is -0.122. The van der Waals surface area contributed by atoms with E-state index in [1.54, 1.807) is 48.6 Å². The molecule has 0 atom stereocenters. The van der Waals surface area contributed by atoms with Gasteiger partial charge < -0.3 is 19.9 Å². The first kappa shape index (κ1) is 21.5. The van der Waals surface area contributed by atoms with E-state index in [0.29, 0.717) is 46.0 Å². The highest BCUT2D eigenvalue weighted by molar-refractivity contribution is 7.15. The van der Waals surface area contributed by atoms with E-state index in [0.717, 1.165) is 9.75 Å². The number of thiophene rings is 1. The summed E-state index contributed by atoms with van der Waals surface area (Å²) < 4.78 is 10.8. The first-order valence-electron chi connectivity index (χ1n) is 10.1. The molecule has 0 saturated heterocycles. The molecule has 3 heterocycles. The van der Waals surface area contributed by atoms with Gasteiger partial charge in [-0.25, -0.2) is 4.98 Å². The number of carbonyl (C=O) groups excluding carboxylic acids is 2. The summed E-state index contributed by atoms with van der Waals surface area (Å²) in [5, 5.41) is 10.1. The molecule has 8 nitrogen and oxygen atoms in total. The molecule has 2 amide bonds. The number of likely N-dealkylation sites (N-methyl/N-ethyl adjacent to an activating group) is 1. The summed E-state index contributed by atoms with van der Waals surface area (Å²) in [6.07, 6.45) is 0. The fourth-order valence-electron chi connectivity index (χ4n) is 3.20. The SMILES string of the molecule is CCNC(=O)COc1ccc(NC(=O)c2cc(-c3ccc(C)s3)nc3onc(C)c23)cc1. The number of rotatable bonds is 7. The van der Waals surface area contributed by atoms with Gasteiger partial charge in [-0.05, 0) is 63.2 Å². The Hall–Kier alpha value is -3.72. The van der Waals surface area contributed by atoms with Gasteiger partial charge >= 0.3 is 0 Å². The summed E-state index contributed by atoms with van der Waals surface area (Å²) in [7, 11) is 0. The van der Waals surface area contributed by atoms with Crippen LogP contribution in [0.25, 0.3) is 21.7 Å². The standard InChI is InChI=1S/C23H22N4O4S/c1-4-24-20(28)12-30-16-8-6-15(7-9-16)25-22(29)17-11-18(19-10-5-13(2)32-19)26-23-21(17)14(3)27-31-23/h5-11H,4,12H2,1-3H3,(H,24,28)(H,25,29). The smallest absolute Gasteiger partial charge is 0.259 e. The molecule has 0 aliphatic rings. The molecule has 0 aliphatic heterocycles. The van der Waals surface area contributed by atoms with E-state index in [2.05, 4.69) is 20.8 Å². The molecular weight excluding hydrogens is 428 g/mol. The third kappa shape index (κ3) is 4.62. The van der Waals surface area contributed by atoms with Crippen molar-refractivity contribution >= 4 is 39.9 Å². The number of fused-ring (bicyclic) bond motifs is 1. The molecule has 0 radical (unpaired) electrons. The molecule has 0 bridgehead atoms. The van der Waals surface area contributed by atoms with Gasteiger partial charge in [0.15, 0.2) is 6.61 Å². The predicted molar refractivity (Wildman–Crippen MR) is 123 cm³/mol. The average Bonchev–Trinajstić information content (AvgIpc) is 3.38. The Morgan fingerprint density at radius 2 is 1.91 bits per heavy atom. The van der Waals surface area contributed by atoms with E-state index in [4.69, 9.17) is 9.26 Å². The molecule has 32 heavy (non-hydrogen) atoms.